The van der Waals surface area contributed by atoms with Crippen molar-refractivity contribution in [1.82, 2.24) is 5.32 Å². The summed E-state index contributed by atoms with van der Waals surface area (Å²) in [4.78, 5) is 24.2. The molecule has 0 saturated carbocycles. The number of urea groups is 1. The minimum Gasteiger partial charge on any atom is -0.495 e. The highest BCUT2D eigenvalue weighted by atomic mass is 16.6. The van der Waals surface area contributed by atoms with E-state index in [-0.39, 0.29) is 12.1 Å². The highest BCUT2D eigenvalue weighted by Gasteiger charge is 2.14. The molecule has 2 aromatic carbocycles. The molecule has 8 nitrogen and oxygen atoms in total. The monoisotopic (exact) mass is 410 g/mol. The predicted octanol–water partition coefficient (Wildman–Crippen LogP) is 4.80. The van der Waals surface area contributed by atoms with E-state index in [4.69, 9.17) is 14.7 Å². The molecular weight excluding hydrogens is 384 g/mol. The Hall–Kier alpha value is -3.73. The van der Waals surface area contributed by atoms with Crippen LogP contribution >= 0.6 is 0 Å². The second-order valence-electron chi connectivity index (χ2n) is 6.72. The maximum Gasteiger partial charge on any atom is 0.407 e. The Kier molecular flexibility index (Phi) is 8.06. The van der Waals surface area contributed by atoms with Gasteiger partial charge in [0, 0.05) is 17.4 Å². The van der Waals surface area contributed by atoms with Crippen LogP contribution in [0.2, 0.25) is 0 Å². The summed E-state index contributed by atoms with van der Waals surface area (Å²) in [6.45, 7) is 5.60. The number of nitrogens with zero attached hydrogens (tertiary/aromatic N) is 1. The zero-order chi connectivity index (χ0) is 22.1. The number of amides is 3. The molecule has 3 N–H and O–H groups in total. The van der Waals surface area contributed by atoms with Crippen LogP contribution in [0.15, 0.2) is 42.5 Å². The van der Waals surface area contributed by atoms with Crippen molar-refractivity contribution >= 4 is 23.5 Å². The van der Waals surface area contributed by atoms with Gasteiger partial charge in [-0.1, -0.05) is 19.1 Å². The molecule has 2 rings (SSSR count). The molecule has 8 heteroatoms. The molecule has 0 bridgehead atoms. The van der Waals surface area contributed by atoms with Crippen molar-refractivity contribution in [3.63, 3.8) is 0 Å². The van der Waals surface area contributed by atoms with Gasteiger partial charge in [-0.25, -0.2) is 9.59 Å². The first kappa shape index (κ1) is 22.6. The Morgan fingerprint density at radius 1 is 1.10 bits per heavy atom. The third-order valence-corrected chi connectivity index (χ3v) is 4.44. The van der Waals surface area contributed by atoms with E-state index < -0.39 is 12.1 Å². The highest BCUT2D eigenvalue weighted by molar-refractivity contribution is 6.00. The van der Waals surface area contributed by atoms with Gasteiger partial charge in [0.25, 0.3) is 0 Å². The highest BCUT2D eigenvalue weighted by Crippen LogP contribution is 2.23. The Morgan fingerprint density at radius 3 is 2.43 bits per heavy atom. The fraction of sp³-hybridized carbons (Fsp3) is 0.318. The van der Waals surface area contributed by atoms with Gasteiger partial charge in [-0.15, -0.1) is 0 Å². The van der Waals surface area contributed by atoms with Crippen LogP contribution in [0.5, 0.6) is 5.75 Å². The number of hydrogen-bond donors (Lipinski definition) is 3. The maximum atomic E-state index is 12.3. The SMILES string of the molecule is CC[C@H](C)OC(=O)N[C@@H](C)c1cccc(NC(=O)Nc2ccc(C#N)c(OC)c2)c1. The van der Waals surface area contributed by atoms with Gasteiger partial charge in [0.1, 0.15) is 17.9 Å². The molecule has 0 aliphatic carbocycles. The first-order valence-electron chi connectivity index (χ1n) is 9.59. The molecule has 30 heavy (non-hydrogen) atoms. The molecule has 0 spiro atoms. The van der Waals surface area contributed by atoms with Gasteiger partial charge in [-0.2, -0.15) is 5.26 Å². The largest absolute Gasteiger partial charge is 0.495 e. The van der Waals surface area contributed by atoms with Crippen LogP contribution in [-0.4, -0.2) is 25.3 Å². The lowest BCUT2D eigenvalue weighted by Gasteiger charge is -2.17. The molecule has 0 aliphatic rings. The lowest BCUT2D eigenvalue weighted by atomic mass is 10.1. The second kappa shape index (κ2) is 10.7. The lowest BCUT2D eigenvalue weighted by molar-refractivity contribution is 0.102. The smallest absolute Gasteiger partial charge is 0.407 e. The molecule has 158 valence electrons. The molecule has 2 atom stereocenters. The van der Waals surface area contributed by atoms with Crippen molar-refractivity contribution < 1.29 is 19.1 Å². The summed E-state index contributed by atoms with van der Waals surface area (Å²) < 4.78 is 10.4. The zero-order valence-electron chi connectivity index (χ0n) is 17.5. The quantitative estimate of drug-likeness (QED) is 0.607. The average Bonchev–Trinajstić information content (AvgIpc) is 2.73. The summed E-state index contributed by atoms with van der Waals surface area (Å²) in [5, 5.41) is 17.3. The summed E-state index contributed by atoms with van der Waals surface area (Å²) in [5.41, 5.74) is 2.25. The zero-order valence-corrected chi connectivity index (χ0v) is 17.5. The van der Waals surface area contributed by atoms with Crippen molar-refractivity contribution in [3.05, 3.63) is 53.6 Å². The van der Waals surface area contributed by atoms with E-state index in [0.29, 0.717) is 22.7 Å². The van der Waals surface area contributed by atoms with E-state index in [1.54, 1.807) is 36.4 Å². The van der Waals surface area contributed by atoms with Crippen molar-refractivity contribution in [2.24, 2.45) is 0 Å². The topological polar surface area (TPSA) is 112 Å². The number of benzene rings is 2. The number of ether oxygens (including phenoxy) is 2. The third-order valence-electron chi connectivity index (χ3n) is 4.44. The van der Waals surface area contributed by atoms with Crippen LogP contribution in [0.4, 0.5) is 21.0 Å². The van der Waals surface area contributed by atoms with Crippen LogP contribution in [0.1, 0.15) is 44.4 Å². The Bertz CT molecular complexity index is 939. The normalized spacial score (nSPS) is 12.1. The standard InChI is InChI=1S/C22H26N4O4/c1-5-14(2)30-22(28)24-15(3)16-7-6-8-18(11-16)25-21(27)26-19-10-9-17(13-23)20(12-19)29-4/h6-12,14-15H,5H2,1-4H3,(H,24,28)(H2,25,26,27)/t14-,15-/m0/s1. The number of carbonyl (C=O) groups excluding carboxylic acids is 2. The summed E-state index contributed by atoms with van der Waals surface area (Å²) in [5.74, 6) is 0.376. The Balaban J connectivity index is 2.00. The van der Waals surface area contributed by atoms with Crippen molar-refractivity contribution in [1.29, 1.82) is 5.26 Å². The first-order valence-corrected chi connectivity index (χ1v) is 9.59. The van der Waals surface area contributed by atoms with Gasteiger partial charge in [0.05, 0.1) is 18.7 Å². The number of nitrogens with one attached hydrogen (secondary N) is 3. The van der Waals surface area contributed by atoms with E-state index in [0.717, 1.165) is 12.0 Å². The number of methoxy groups -OCH3 is 1. The Morgan fingerprint density at radius 2 is 1.80 bits per heavy atom. The first-order chi connectivity index (χ1) is 14.4. The predicted molar refractivity (Wildman–Crippen MR) is 115 cm³/mol. The van der Waals surface area contributed by atoms with Gasteiger partial charge in [0.15, 0.2) is 0 Å². The van der Waals surface area contributed by atoms with Crippen LogP contribution in [-0.2, 0) is 4.74 Å². The van der Waals surface area contributed by atoms with E-state index in [9.17, 15) is 9.59 Å². The third kappa shape index (κ3) is 6.41. The fourth-order valence-electron chi connectivity index (χ4n) is 2.60. The Labute approximate surface area is 176 Å². The van der Waals surface area contributed by atoms with Crippen molar-refractivity contribution in [2.75, 3.05) is 17.7 Å². The van der Waals surface area contributed by atoms with Crippen molar-refractivity contribution in [2.45, 2.75) is 39.3 Å². The molecular formula is C22H26N4O4. The number of rotatable bonds is 7. The van der Waals surface area contributed by atoms with Crippen LogP contribution in [0.3, 0.4) is 0 Å². The number of anilines is 2. The minimum absolute atomic E-state index is 0.158. The van der Waals surface area contributed by atoms with Crippen LogP contribution in [0, 0.1) is 11.3 Å². The average molecular weight is 410 g/mol. The summed E-state index contributed by atoms with van der Waals surface area (Å²) in [7, 11) is 1.46. The molecule has 0 fully saturated rings. The number of carbonyl (C=O) groups is 2. The second-order valence-corrected chi connectivity index (χ2v) is 6.72. The minimum atomic E-state index is -0.484. The molecule has 3 amide bonds. The fourth-order valence-corrected chi connectivity index (χ4v) is 2.60. The molecule has 0 saturated heterocycles. The molecule has 0 aromatic heterocycles. The maximum absolute atomic E-state index is 12.3. The summed E-state index contributed by atoms with van der Waals surface area (Å²) in [6.07, 6.45) is 0.0963. The van der Waals surface area contributed by atoms with Crippen LogP contribution in [0.25, 0.3) is 0 Å². The van der Waals surface area contributed by atoms with Gasteiger partial charge in [0.2, 0.25) is 0 Å². The molecule has 0 heterocycles. The van der Waals surface area contributed by atoms with E-state index in [1.807, 2.05) is 32.9 Å². The van der Waals surface area contributed by atoms with E-state index in [2.05, 4.69) is 16.0 Å². The van der Waals surface area contributed by atoms with Gasteiger partial charge < -0.3 is 25.4 Å². The number of alkyl carbamates (subject to hydrolysis) is 1. The molecule has 0 unspecified atom stereocenters. The van der Waals surface area contributed by atoms with Gasteiger partial charge in [-0.05, 0) is 50.1 Å². The van der Waals surface area contributed by atoms with E-state index in [1.165, 1.54) is 7.11 Å². The van der Waals surface area contributed by atoms with Crippen LogP contribution < -0.4 is 20.7 Å². The number of nitriles is 1. The summed E-state index contributed by atoms with van der Waals surface area (Å²) in [6, 6.07) is 13.2. The lowest BCUT2D eigenvalue weighted by Crippen LogP contribution is -2.30. The van der Waals surface area contributed by atoms with Gasteiger partial charge >= 0.3 is 12.1 Å². The summed E-state index contributed by atoms with van der Waals surface area (Å²) >= 11 is 0. The van der Waals surface area contributed by atoms with Crippen molar-refractivity contribution in [3.8, 4) is 11.8 Å². The number of hydrogen-bond acceptors (Lipinski definition) is 5. The molecule has 0 radical (unpaired) electrons. The molecule has 0 aliphatic heterocycles. The van der Waals surface area contributed by atoms with E-state index >= 15 is 0 Å². The van der Waals surface area contributed by atoms with Gasteiger partial charge in [-0.3, -0.25) is 0 Å². The molecule has 2 aromatic rings.